The van der Waals surface area contributed by atoms with Crippen molar-refractivity contribution in [2.75, 3.05) is 12.3 Å². The van der Waals surface area contributed by atoms with Gasteiger partial charge in [0, 0.05) is 24.1 Å². The number of nitrogens with one attached hydrogen (secondary N) is 4. The molecule has 4 amide bonds. The smallest absolute Gasteiger partial charge is 0.326 e. The molecule has 1 rings (SSSR count). The predicted octanol–water partition coefficient (Wildman–Crippen LogP) is -3.25. The second-order valence-electron chi connectivity index (χ2n) is 7.55. The average Bonchev–Trinajstić information content (AvgIpc) is 3.29. The third-order valence-electron chi connectivity index (χ3n) is 4.75. The highest BCUT2D eigenvalue weighted by Gasteiger charge is 2.31. The number of hydrogen-bond donors (Lipinski definition) is 9. The molecule has 190 valence electrons. The SMILES string of the molecule is NCCCCC(NC(=O)C(N)CS)C(=O)NC(CC(N)=O)C(=O)NC(Cc1cnc[nH]1)C(=O)O. The molecule has 1 heterocycles. The van der Waals surface area contributed by atoms with Crippen LogP contribution in [0.2, 0.25) is 0 Å². The van der Waals surface area contributed by atoms with E-state index in [0.29, 0.717) is 25.1 Å². The first kappa shape index (κ1) is 28.9. The van der Waals surface area contributed by atoms with Gasteiger partial charge in [-0.3, -0.25) is 19.2 Å². The average molecular weight is 501 g/mol. The molecule has 1 aromatic rings. The van der Waals surface area contributed by atoms with Gasteiger partial charge in [0.1, 0.15) is 18.1 Å². The topological polar surface area (TPSA) is 248 Å². The van der Waals surface area contributed by atoms with Crippen LogP contribution >= 0.6 is 12.6 Å². The number of imidazole rings is 1. The van der Waals surface area contributed by atoms with Gasteiger partial charge in [-0.1, -0.05) is 0 Å². The van der Waals surface area contributed by atoms with Crippen LogP contribution in [-0.2, 0) is 30.4 Å². The van der Waals surface area contributed by atoms with Crippen molar-refractivity contribution in [2.24, 2.45) is 17.2 Å². The molecular formula is C19H32N8O6S. The first-order chi connectivity index (χ1) is 16.1. The van der Waals surface area contributed by atoms with Crippen molar-refractivity contribution in [1.29, 1.82) is 0 Å². The largest absolute Gasteiger partial charge is 0.480 e. The molecule has 0 aromatic carbocycles. The van der Waals surface area contributed by atoms with Crippen molar-refractivity contribution in [3.63, 3.8) is 0 Å². The summed E-state index contributed by atoms with van der Waals surface area (Å²) < 4.78 is 0. The number of thiol groups is 1. The summed E-state index contributed by atoms with van der Waals surface area (Å²) in [5.41, 5.74) is 16.8. The minimum Gasteiger partial charge on any atom is -0.480 e. The number of aliphatic carboxylic acids is 1. The number of hydrogen-bond acceptors (Lipinski definition) is 9. The number of carbonyl (C=O) groups is 5. The fourth-order valence-corrected chi connectivity index (χ4v) is 3.06. The first-order valence-electron chi connectivity index (χ1n) is 10.5. The number of carboxylic acid groups (broad SMARTS) is 1. The fraction of sp³-hybridized carbons (Fsp3) is 0.579. The lowest BCUT2D eigenvalue weighted by atomic mass is 10.1. The molecule has 4 unspecified atom stereocenters. The first-order valence-corrected chi connectivity index (χ1v) is 11.2. The molecule has 4 atom stereocenters. The van der Waals surface area contributed by atoms with E-state index in [9.17, 15) is 29.1 Å². The number of aromatic nitrogens is 2. The third kappa shape index (κ3) is 10.2. The van der Waals surface area contributed by atoms with Crippen molar-refractivity contribution in [1.82, 2.24) is 25.9 Å². The number of nitrogens with zero attached hydrogens (tertiary/aromatic N) is 1. The molecule has 15 heteroatoms. The molecule has 34 heavy (non-hydrogen) atoms. The van der Waals surface area contributed by atoms with Crippen LogP contribution in [0.15, 0.2) is 12.5 Å². The van der Waals surface area contributed by atoms with E-state index in [0.717, 1.165) is 0 Å². The molecule has 0 saturated carbocycles. The highest BCUT2D eigenvalue weighted by molar-refractivity contribution is 7.80. The number of rotatable bonds is 16. The number of carbonyl (C=O) groups excluding carboxylic acids is 4. The zero-order valence-electron chi connectivity index (χ0n) is 18.5. The molecule has 0 spiro atoms. The Morgan fingerprint density at radius 2 is 1.65 bits per heavy atom. The Labute approximate surface area is 201 Å². The van der Waals surface area contributed by atoms with E-state index in [2.05, 4.69) is 38.5 Å². The van der Waals surface area contributed by atoms with E-state index in [1.54, 1.807) is 0 Å². The van der Waals surface area contributed by atoms with Crippen molar-refractivity contribution in [3.8, 4) is 0 Å². The fourth-order valence-electron chi connectivity index (χ4n) is 2.89. The van der Waals surface area contributed by atoms with Crippen molar-refractivity contribution in [2.45, 2.75) is 56.3 Å². The maximum absolute atomic E-state index is 12.9. The van der Waals surface area contributed by atoms with Gasteiger partial charge in [-0.15, -0.1) is 0 Å². The highest BCUT2D eigenvalue weighted by atomic mass is 32.1. The summed E-state index contributed by atoms with van der Waals surface area (Å²) in [6.45, 7) is 0.373. The molecular weight excluding hydrogens is 468 g/mol. The van der Waals surface area contributed by atoms with Gasteiger partial charge in [-0.25, -0.2) is 9.78 Å². The Hall–Kier alpha value is -3.17. The number of amides is 4. The Bertz CT molecular complexity index is 837. The molecule has 0 fully saturated rings. The summed E-state index contributed by atoms with van der Waals surface area (Å²) >= 11 is 3.95. The van der Waals surface area contributed by atoms with Crippen molar-refractivity contribution in [3.05, 3.63) is 18.2 Å². The van der Waals surface area contributed by atoms with Crippen molar-refractivity contribution >= 4 is 42.2 Å². The van der Waals surface area contributed by atoms with Crippen molar-refractivity contribution < 1.29 is 29.1 Å². The number of unbranched alkanes of at least 4 members (excludes halogenated alkanes) is 1. The summed E-state index contributed by atoms with van der Waals surface area (Å²) in [7, 11) is 0. The Morgan fingerprint density at radius 3 is 2.18 bits per heavy atom. The minimum absolute atomic E-state index is 0.0442. The van der Waals surface area contributed by atoms with E-state index < -0.39 is 60.2 Å². The Balaban J connectivity index is 2.96. The maximum atomic E-state index is 12.9. The Kier molecular flexibility index (Phi) is 12.6. The van der Waals surface area contributed by atoms with Gasteiger partial charge in [-0.2, -0.15) is 12.6 Å². The van der Waals surface area contributed by atoms with Gasteiger partial charge >= 0.3 is 5.97 Å². The van der Waals surface area contributed by atoms with Crippen LogP contribution in [0.4, 0.5) is 0 Å². The zero-order valence-corrected chi connectivity index (χ0v) is 19.4. The molecule has 0 aliphatic heterocycles. The number of aromatic amines is 1. The molecule has 0 saturated heterocycles. The van der Waals surface area contributed by atoms with Gasteiger partial charge < -0.3 is 43.2 Å². The van der Waals surface area contributed by atoms with E-state index in [1.165, 1.54) is 12.5 Å². The number of H-pyrrole nitrogens is 1. The zero-order chi connectivity index (χ0) is 25.7. The lowest BCUT2D eigenvalue weighted by molar-refractivity contribution is -0.142. The number of carboxylic acids is 1. The lowest BCUT2D eigenvalue weighted by Gasteiger charge is -2.24. The van der Waals surface area contributed by atoms with Gasteiger partial charge in [0.25, 0.3) is 0 Å². The van der Waals surface area contributed by atoms with E-state index in [4.69, 9.17) is 17.2 Å². The van der Waals surface area contributed by atoms with Crippen LogP contribution in [0.5, 0.6) is 0 Å². The molecule has 0 aliphatic rings. The highest BCUT2D eigenvalue weighted by Crippen LogP contribution is 2.05. The summed E-state index contributed by atoms with van der Waals surface area (Å²) in [5, 5.41) is 16.6. The molecule has 1 aromatic heterocycles. The molecule has 0 radical (unpaired) electrons. The van der Waals surface area contributed by atoms with Gasteiger partial charge in [0.15, 0.2) is 0 Å². The summed E-state index contributed by atoms with van der Waals surface area (Å²) in [5.74, 6) is -4.51. The summed E-state index contributed by atoms with van der Waals surface area (Å²) in [4.78, 5) is 67.4. The number of primary amides is 1. The summed E-state index contributed by atoms with van der Waals surface area (Å²) in [6, 6.07) is -4.88. The second kappa shape index (κ2) is 14.9. The van der Waals surface area contributed by atoms with Crippen LogP contribution < -0.4 is 33.2 Å². The molecule has 11 N–H and O–H groups in total. The molecule has 14 nitrogen and oxygen atoms in total. The van der Waals surface area contributed by atoms with Gasteiger partial charge in [0.05, 0.1) is 18.8 Å². The monoisotopic (exact) mass is 500 g/mol. The van der Waals surface area contributed by atoms with Gasteiger partial charge in [-0.05, 0) is 25.8 Å². The number of nitrogens with two attached hydrogens (primary N) is 3. The van der Waals surface area contributed by atoms with Crippen LogP contribution in [0.1, 0.15) is 31.4 Å². The second-order valence-corrected chi connectivity index (χ2v) is 7.91. The summed E-state index contributed by atoms with van der Waals surface area (Å²) in [6.07, 6.45) is 3.31. The van der Waals surface area contributed by atoms with Crippen LogP contribution in [0.3, 0.4) is 0 Å². The normalized spacial score (nSPS) is 14.3. The molecule has 0 aliphatic carbocycles. The molecule has 0 bridgehead atoms. The van der Waals surface area contributed by atoms with Crippen LogP contribution in [-0.4, -0.2) is 81.1 Å². The third-order valence-corrected chi connectivity index (χ3v) is 5.14. The Morgan fingerprint density at radius 1 is 1.03 bits per heavy atom. The van der Waals surface area contributed by atoms with Crippen LogP contribution in [0, 0.1) is 0 Å². The quantitative estimate of drug-likeness (QED) is 0.0815. The van der Waals surface area contributed by atoms with Gasteiger partial charge in [0.2, 0.25) is 23.6 Å². The standard InChI is InChI=1S/C19H32N8O6S/c20-4-2-1-3-12(25-16(29)11(21)8-34)17(30)26-13(6-15(22)28)18(31)27-14(19(32)33)5-10-7-23-9-24-10/h7,9,11-14,34H,1-6,8,20-21H2,(H2,22,28)(H,23,24)(H,25,29)(H,26,30)(H,27,31)(H,32,33). The van der Waals surface area contributed by atoms with E-state index >= 15 is 0 Å². The van der Waals surface area contributed by atoms with E-state index in [-0.39, 0.29) is 18.6 Å². The van der Waals surface area contributed by atoms with E-state index in [1.807, 2.05) is 0 Å². The minimum atomic E-state index is -1.47. The maximum Gasteiger partial charge on any atom is 0.326 e. The van der Waals surface area contributed by atoms with Crippen LogP contribution in [0.25, 0.3) is 0 Å². The lowest BCUT2D eigenvalue weighted by Crippen LogP contribution is -2.58. The predicted molar refractivity (Wildman–Crippen MR) is 124 cm³/mol.